The minimum absolute atomic E-state index is 0.0162. The Balaban J connectivity index is 1.49. The standard InChI is InChI=1S/C17H23N5O/c23-17-7-3-8-19-22(17)12-15-6-4-9-20(15)13-16-18-11-14-5-1-2-10-21(14)16/h3,7-8,11,15H,1-2,4-6,9-10,12-13H2. The van der Waals surface area contributed by atoms with Crippen LogP contribution in [0.1, 0.15) is 37.2 Å². The Morgan fingerprint density at radius 1 is 1.22 bits per heavy atom. The molecular formula is C17H23N5O. The highest BCUT2D eigenvalue weighted by Crippen LogP contribution is 2.23. The second-order valence-corrected chi connectivity index (χ2v) is 6.59. The van der Waals surface area contributed by atoms with Crippen molar-refractivity contribution in [2.45, 2.75) is 57.8 Å². The van der Waals surface area contributed by atoms with Gasteiger partial charge in [-0.25, -0.2) is 9.67 Å². The van der Waals surface area contributed by atoms with E-state index >= 15 is 0 Å². The summed E-state index contributed by atoms with van der Waals surface area (Å²) in [5.74, 6) is 1.18. The average molecular weight is 313 g/mol. The Labute approximate surface area is 135 Å². The van der Waals surface area contributed by atoms with E-state index in [2.05, 4.69) is 19.5 Å². The predicted octanol–water partition coefficient (Wildman–Crippen LogP) is 1.44. The molecule has 6 heteroatoms. The Kier molecular flexibility index (Phi) is 3.99. The first-order valence-corrected chi connectivity index (χ1v) is 8.61. The van der Waals surface area contributed by atoms with Crippen LogP contribution >= 0.6 is 0 Å². The number of fused-ring (bicyclic) bond motifs is 1. The van der Waals surface area contributed by atoms with E-state index in [1.807, 2.05) is 6.20 Å². The van der Waals surface area contributed by atoms with E-state index in [-0.39, 0.29) is 5.56 Å². The molecule has 6 nitrogen and oxygen atoms in total. The maximum absolute atomic E-state index is 11.9. The number of nitrogens with zero attached hydrogens (tertiary/aromatic N) is 5. The molecule has 1 fully saturated rings. The molecule has 1 atom stereocenters. The first kappa shape index (κ1) is 14.6. The number of hydrogen-bond donors (Lipinski definition) is 0. The Hall–Kier alpha value is -1.95. The molecule has 0 radical (unpaired) electrons. The largest absolute Gasteiger partial charge is 0.331 e. The van der Waals surface area contributed by atoms with E-state index < -0.39 is 0 Å². The van der Waals surface area contributed by atoms with Gasteiger partial charge in [0.25, 0.3) is 5.56 Å². The van der Waals surface area contributed by atoms with Crippen molar-refractivity contribution >= 4 is 0 Å². The van der Waals surface area contributed by atoms with Crippen molar-refractivity contribution < 1.29 is 0 Å². The molecule has 0 amide bonds. The Bertz CT molecular complexity index is 735. The van der Waals surface area contributed by atoms with Gasteiger partial charge in [-0.05, 0) is 44.7 Å². The third kappa shape index (κ3) is 2.95. The van der Waals surface area contributed by atoms with Crippen molar-refractivity contribution in [2.75, 3.05) is 6.54 Å². The molecular weight excluding hydrogens is 290 g/mol. The van der Waals surface area contributed by atoms with Crippen molar-refractivity contribution in [1.82, 2.24) is 24.2 Å². The van der Waals surface area contributed by atoms with Gasteiger partial charge in [0.15, 0.2) is 0 Å². The van der Waals surface area contributed by atoms with Crippen LogP contribution in [0.25, 0.3) is 0 Å². The van der Waals surface area contributed by atoms with Crippen LogP contribution in [0.2, 0.25) is 0 Å². The summed E-state index contributed by atoms with van der Waals surface area (Å²) in [6, 6.07) is 3.65. The third-order valence-corrected chi connectivity index (χ3v) is 5.10. The van der Waals surface area contributed by atoms with Crippen LogP contribution in [0.5, 0.6) is 0 Å². The van der Waals surface area contributed by atoms with Gasteiger partial charge in [-0.1, -0.05) is 0 Å². The molecule has 23 heavy (non-hydrogen) atoms. The lowest BCUT2D eigenvalue weighted by molar-refractivity contribution is 0.208. The fraction of sp³-hybridized carbons (Fsp3) is 0.588. The minimum Gasteiger partial charge on any atom is -0.331 e. The van der Waals surface area contributed by atoms with E-state index in [1.165, 1.54) is 30.8 Å². The first-order valence-electron chi connectivity index (χ1n) is 8.61. The van der Waals surface area contributed by atoms with Crippen LogP contribution in [0, 0.1) is 0 Å². The van der Waals surface area contributed by atoms with Crippen LogP contribution in [-0.2, 0) is 26.1 Å². The van der Waals surface area contributed by atoms with E-state index in [0.717, 1.165) is 32.5 Å². The van der Waals surface area contributed by atoms with Gasteiger partial charge in [-0.3, -0.25) is 9.69 Å². The summed E-state index contributed by atoms with van der Waals surface area (Å²) in [7, 11) is 0. The van der Waals surface area contributed by atoms with Gasteiger partial charge in [0.2, 0.25) is 0 Å². The average Bonchev–Trinajstić information content (AvgIpc) is 3.18. The molecule has 0 spiro atoms. The van der Waals surface area contributed by atoms with Gasteiger partial charge < -0.3 is 4.57 Å². The van der Waals surface area contributed by atoms with Crippen molar-refractivity contribution in [3.05, 3.63) is 46.4 Å². The van der Waals surface area contributed by atoms with Gasteiger partial charge >= 0.3 is 0 Å². The van der Waals surface area contributed by atoms with E-state index in [0.29, 0.717) is 12.6 Å². The minimum atomic E-state index is -0.0162. The molecule has 2 aliphatic heterocycles. The lowest BCUT2D eigenvalue weighted by Crippen LogP contribution is -2.37. The number of likely N-dealkylation sites (tertiary alicyclic amines) is 1. The SMILES string of the molecule is O=c1cccnn1CC1CCCN1Cc1ncc2n1CCCC2. The summed E-state index contributed by atoms with van der Waals surface area (Å²) in [4.78, 5) is 19.0. The van der Waals surface area contributed by atoms with Crippen LogP contribution in [0.4, 0.5) is 0 Å². The molecule has 0 saturated carbocycles. The van der Waals surface area contributed by atoms with E-state index in [4.69, 9.17) is 0 Å². The quantitative estimate of drug-likeness (QED) is 0.857. The second kappa shape index (κ2) is 6.28. The topological polar surface area (TPSA) is 56.0 Å². The Morgan fingerprint density at radius 3 is 3.09 bits per heavy atom. The molecule has 2 aromatic heterocycles. The summed E-state index contributed by atoms with van der Waals surface area (Å²) in [6.45, 7) is 3.73. The van der Waals surface area contributed by atoms with Crippen molar-refractivity contribution in [3.63, 3.8) is 0 Å². The fourth-order valence-electron chi connectivity index (χ4n) is 3.84. The highest BCUT2D eigenvalue weighted by atomic mass is 16.1. The number of aromatic nitrogens is 4. The molecule has 2 aliphatic rings. The van der Waals surface area contributed by atoms with Gasteiger partial charge in [0, 0.05) is 36.7 Å². The van der Waals surface area contributed by atoms with Crippen molar-refractivity contribution in [1.29, 1.82) is 0 Å². The number of hydrogen-bond acceptors (Lipinski definition) is 4. The molecule has 0 aromatic carbocycles. The second-order valence-electron chi connectivity index (χ2n) is 6.59. The maximum atomic E-state index is 11.9. The van der Waals surface area contributed by atoms with E-state index in [1.54, 1.807) is 23.0 Å². The lowest BCUT2D eigenvalue weighted by Gasteiger charge is -2.25. The predicted molar refractivity (Wildman–Crippen MR) is 87.1 cm³/mol. The zero-order valence-electron chi connectivity index (χ0n) is 13.4. The van der Waals surface area contributed by atoms with Crippen molar-refractivity contribution in [2.24, 2.45) is 0 Å². The van der Waals surface area contributed by atoms with Gasteiger partial charge in [0.05, 0.1) is 13.1 Å². The summed E-state index contributed by atoms with van der Waals surface area (Å²) in [5, 5.41) is 4.20. The molecule has 1 saturated heterocycles. The van der Waals surface area contributed by atoms with Crippen LogP contribution in [0.3, 0.4) is 0 Å². The lowest BCUT2D eigenvalue weighted by atomic mass is 10.1. The zero-order chi connectivity index (χ0) is 15.6. The van der Waals surface area contributed by atoms with E-state index in [9.17, 15) is 4.79 Å². The molecule has 0 aliphatic carbocycles. The highest BCUT2D eigenvalue weighted by molar-refractivity contribution is 5.08. The van der Waals surface area contributed by atoms with Crippen molar-refractivity contribution in [3.8, 4) is 0 Å². The molecule has 122 valence electrons. The van der Waals surface area contributed by atoms with Gasteiger partial charge in [-0.2, -0.15) is 5.10 Å². The third-order valence-electron chi connectivity index (χ3n) is 5.10. The van der Waals surface area contributed by atoms with Gasteiger partial charge in [0.1, 0.15) is 5.82 Å². The summed E-state index contributed by atoms with van der Waals surface area (Å²) >= 11 is 0. The number of imidazole rings is 1. The smallest absolute Gasteiger partial charge is 0.266 e. The maximum Gasteiger partial charge on any atom is 0.266 e. The number of rotatable bonds is 4. The summed E-state index contributed by atoms with van der Waals surface area (Å²) in [5.41, 5.74) is 1.36. The molecule has 4 rings (SSSR count). The molecule has 1 unspecified atom stereocenters. The monoisotopic (exact) mass is 313 g/mol. The molecule has 0 N–H and O–H groups in total. The molecule has 2 aromatic rings. The van der Waals surface area contributed by atoms with Gasteiger partial charge in [-0.15, -0.1) is 0 Å². The molecule has 4 heterocycles. The highest BCUT2D eigenvalue weighted by Gasteiger charge is 2.27. The summed E-state index contributed by atoms with van der Waals surface area (Å²) < 4.78 is 3.98. The number of aryl methyl sites for hydroxylation is 1. The normalized spacial score (nSPS) is 21.5. The van der Waals surface area contributed by atoms with Crippen LogP contribution in [0.15, 0.2) is 29.3 Å². The Morgan fingerprint density at radius 2 is 2.17 bits per heavy atom. The zero-order valence-corrected chi connectivity index (χ0v) is 13.4. The molecule has 0 bridgehead atoms. The van der Waals surface area contributed by atoms with Crippen LogP contribution in [-0.4, -0.2) is 36.8 Å². The fourth-order valence-corrected chi connectivity index (χ4v) is 3.84. The van der Waals surface area contributed by atoms with Crippen LogP contribution < -0.4 is 5.56 Å². The summed E-state index contributed by atoms with van der Waals surface area (Å²) in [6.07, 6.45) is 9.72. The first-order chi connectivity index (χ1) is 11.3.